The summed E-state index contributed by atoms with van der Waals surface area (Å²) in [6, 6.07) is 11.7. The Kier molecular flexibility index (Phi) is 7.10. The summed E-state index contributed by atoms with van der Waals surface area (Å²) in [5.41, 5.74) is 0.635. The number of sulfonamides is 1. The molecule has 0 unspecified atom stereocenters. The van der Waals surface area contributed by atoms with Gasteiger partial charge in [0.2, 0.25) is 15.9 Å². The molecule has 1 amide bonds. The molecule has 1 heterocycles. The first-order chi connectivity index (χ1) is 11.9. The SMILES string of the molecule is CN([C@@H](C(=O)NCCSCc1ccco1)c1ccccc1)S(C)(=O)=O. The molecule has 6 nitrogen and oxygen atoms in total. The number of likely N-dealkylation sites (N-methyl/N-ethyl adjacent to an activating group) is 1. The zero-order chi connectivity index (χ0) is 18.3. The molecule has 0 aliphatic carbocycles. The number of thioether (sulfide) groups is 1. The van der Waals surface area contributed by atoms with E-state index in [1.54, 1.807) is 42.3 Å². The van der Waals surface area contributed by atoms with Gasteiger partial charge in [-0.05, 0) is 17.7 Å². The maximum absolute atomic E-state index is 12.6. The Morgan fingerprint density at radius 3 is 2.56 bits per heavy atom. The second-order valence-electron chi connectivity index (χ2n) is 5.52. The van der Waals surface area contributed by atoms with Gasteiger partial charge in [0.1, 0.15) is 11.8 Å². The normalized spacial score (nSPS) is 12.9. The maximum atomic E-state index is 12.6. The smallest absolute Gasteiger partial charge is 0.243 e. The van der Waals surface area contributed by atoms with Gasteiger partial charge in [0.05, 0.1) is 18.3 Å². The number of carbonyl (C=O) groups excluding carboxylic acids is 1. The van der Waals surface area contributed by atoms with Gasteiger partial charge in [-0.15, -0.1) is 0 Å². The van der Waals surface area contributed by atoms with E-state index in [2.05, 4.69) is 5.32 Å². The van der Waals surface area contributed by atoms with Crippen LogP contribution in [0.3, 0.4) is 0 Å². The molecule has 0 fully saturated rings. The van der Waals surface area contributed by atoms with Crippen LogP contribution in [0.5, 0.6) is 0 Å². The fraction of sp³-hybridized carbons (Fsp3) is 0.353. The van der Waals surface area contributed by atoms with Crippen molar-refractivity contribution < 1.29 is 17.6 Å². The second-order valence-corrected chi connectivity index (χ2v) is 8.66. The number of nitrogens with one attached hydrogen (secondary N) is 1. The minimum Gasteiger partial charge on any atom is -0.468 e. The highest BCUT2D eigenvalue weighted by Crippen LogP contribution is 2.22. The van der Waals surface area contributed by atoms with Gasteiger partial charge in [-0.2, -0.15) is 16.1 Å². The molecule has 2 aromatic rings. The summed E-state index contributed by atoms with van der Waals surface area (Å²) >= 11 is 1.63. The number of hydrogen-bond acceptors (Lipinski definition) is 5. The largest absolute Gasteiger partial charge is 0.468 e. The van der Waals surface area contributed by atoms with Gasteiger partial charge in [-0.25, -0.2) is 8.42 Å². The third-order valence-electron chi connectivity index (χ3n) is 3.62. The predicted octanol–water partition coefficient (Wildman–Crippen LogP) is 2.26. The van der Waals surface area contributed by atoms with Crippen LogP contribution in [0, 0.1) is 0 Å². The van der Waals surface area contributed by atoms with Crippen LogP contribution in [0.25, 0.3) is 0 Å². The molecule has 0 saturated carbocycles. The Morgan fingerprint density at radius 1 is 1.24 bits per heavy atom. The van der Waals surface area contributed by atoms with E-state index in [4.69, 9.17) is 4.42 Å². The highest BCUT2D eigenvalue weighted by molar-refractivity contribution is 7.98. The zero-order valence-electron chi connectivity index (χ0n) is 14.2. The fourth-order valence-electron chi connectivity index (χ4n) is 2.26. The molecule has 1 atom stereocenters. The van der Waals surface area contributed by atoms with Crippen molar-refractivity contribution >= 4 is 27.7 Å². The van der Waals surface area contributed by atoms with Crippen LogP contribution in [0.1, 0.15) is 17.4 Å². The first kappa shape index (κ1) is 19.6. The average Bonchev–Trinajstić information content (AvgIpc) is 3.08. The van der Waals surface area contributed by atoms with E-state index in [0.717, 1.165) is 22.1 Å². The number of carbonyl (C=O) groups is 1. The molecular formula is C17H22N2O4S2. The molecule has 0 aliphatic rings. The van der Waals surface area contributed by atoms with Crippen molar-refractivity contribution in [2.45, 2.75) is 11.8 Å². The lowest BCUT2D eigenvalue weighted by atomic mass is 10.1. The van der Waals surface area contributed by atoms with E-state index >= 15 is 0 Å². The molecule has 1 N–H and O–H groups in total. The molecule has 8 heteroatoms. The Labute approximate surface area is 152 Å². The molecule has 0 aliphatic heterocycles. The van der Waals surface area contributed by atoms with Gasteiger partial charge in [0.25, 0.3) is 0 Å². The standard InChI is InChI=1S/C17H22N2O4S2/c1-19(25(2,21)22)16(14-7-4-3-5-8-14)17(20)18-10-12-24-13-15-9-6-11-23-15/h3-9,11,16H,10,12-13H2,1-2H3,(H,18,20)/t16-/m1/s1. The Morgan fingerprint density at radius 2 is 1.96 bits per heavy atom. The van der Waals surface area contributed by atoms with Crippen molar-refractivity contribution in [1.82, 2.24) is 9.62 Å². The summed E-state index contributed by atoms with van der Waals surface area (Å²) in [4.78, 5) is 12.6. The lowest BCUT2D eigenvalue weighted by Crippen LogP contribution is -2.41. The van der Waals surface area contributed by atoms with Crippen LogP contribution in [0.15, 0.2) is 53.1 Å². The Bertz CT molecular complexity index is 761. The van der Waals surface area contributed by atoms with Gasteiger partial charge in [0.15, 0.2) is 0 Å². The van der Waals surface area contributed by atoms with Crippen LogP contribution < -0.4 is 5.32 Å². The van der Waals surface area contributed by atoms with Crippen molar-refractivity contribution in [3.05, 3.63) is 60.1 Å². The number of amides is 1. The summed E-state index contributed by atoms with van der Waals surface area (Å²) in [5, 5.41) is 2.82. The van der Waals surface area contributed by atoms with Crippen LogP contribution in [-0.4, -0.2) is 44.2 Å². The lowest BCUT2D eigenvalue weighted by molar-refractivity contribution is -0.124. The first-order valence-corrected chi connectivity index (χ1v) is 10.8. The van der Waals surface area contributed by atoms with Gasteiger partial charge >= 0.3 is 0 Å². The Hall–Kier alpha value is -1.77. The third kappa shape index (κ3) is 5.91. The van der Waals surface area contributed by atoms with Crippen LogP contribution in [0.2, 0.25) is 0 Å². The fourth-order valence-corrected chi connectivity index (χ4v) is 3.62. The monoisotopic (exact) mass is 382 g/mol. The van der Waals surface area contributed by atoms with E-state index in [0.29, 0.717) is 17.9 Å². The molecule has 2 rings (SSSR count). The first-order valence-electron chi connectivity index (χ1n) is 7.75. The van der Waals surface area contributed by atoms with Crippen LogP contribution in [0.4, 0.5) is 0 Å². The summed E-state index contributed by atoms with van der Waals surface area (Å²) < 4.78 is 30.1. The zero-order valence-corrected chi connectivity index (χ0v) is 15.8. The van der Waals surface area contributed by atoms with E-state index in [1.807, 2.05) is 18.2 Å². The van der Waals surface area contributed by atoms with Crippen LogP contribution in [-0.2, 0) is 20.6 Å². The maximum Gasteiger partial charge on any atom is 0.243 e. The molecule has 0 saturated heterocycles. The average molecular weight is 383 g/mol. The van der Waals surface area contributed by atoms with Crippen molar-refractivity contribution in [1.29, 1.82) is 0 Å². The minimum absolute atomic E-state index is 0.335. The van der Waals surface area contributed by atoms with Crippen molar-refractivity contribution in [2.75, 3.05) is 25.6 Å². The van der Waals surface area contributed by atoms with E-state index in [9.17, 15) is 13.2 Å². The number of nitrogens with zero attached hydrogens (tertiary/aromatic N) is 1. The summed E-state index contributed by atoms with van der Waals surface area (Å²) in [6.07, 6.45) is 2.72. The quantitative estimate of drug-likeness (QED) is 0.673. The van der Waals surface area contributed by atoms with Crippen molar-refractivity contribution in [3.63, 3.8) is 0 Å². The highest BCUT2D eigenvalue weighted by atomic mass is 32.2. The van der Waals surface area contributed by atoms with Crippen molar-refractivity contribution in [3.8, 4) is 0 Å². The van der Waals surface area contributed by atoms with Gasteiger partial charge in [-0.3, -0.25) is 4.79 Å². The summed E-state index contributed by atoms with van der Waals surface area (Å²) in [7, 11) is -2.09. The summed E-state index contributed by atoms with van der Waals surface area (Å²) in [5.74, 6) is 1.98. The number of rotatable bonds is 9. The van der Waals surface area contributed by atoms with Gasteiger partial charge < -0.3 is 9.73 Å². The predicted molar refractivity (Wildman–Crippen MR) is 99.7 cm³/mol. The van der Waals surface area contributed by atoms with Gasteiger partial charge in [0, 0.05) is 19.3 Å². The van der Waals surface area contributed by atoms with E-state index < -0.39 is 16.1 Å². The van der Waals surface area contributed by atoms with E-state index in [-0.39, 0.29) is 5.91 Å². The molecule has 25 heavy (non-hydrogen) atoms. The minimum atomic E-state index is -3.51. The number of hydrogen-bond donors (Lipinski definition) is 1. The number of furan rings is 1. The second kappa shape index (κ2) is 9.07. The third-order valence-corrected chi connectivity index (χ3v) is 5.86. The molecule has 136 valence electrons. The topological polar surface area (TPSA) is 79.6 Å². The number of benzene rings is 1. The van der Waals surface area contributed by atoms with Gasteiger partial charge in [-0.1, -0.05) is 30.3 Å². The summed E-state index contributed by atoms with van der Waals surface area (Å²) in [6.45, 7) is 0.450. The Balaban J connectivity index is 1.93. The molecule has 0 bridgehead atoms. The molecule has 1 aromatic heterocycles. The molecule has 0 spiro atoms. The molecule has 1 aromatic carbocycles. The van der Waals surface area contributed by atoms with Crippen LogP contribution >= 0.6 is 11.8 Å². The highest BCUT2D eigenvalue weighted by Gasteiger charge is 2.30. The molecular weight excluding hydrogens is 360 g/mol. The molecule has 0 radical (unpaired) electrons. The lowest BCUT2D eigenvalue weighted by Gasteiger charge is -2.25. The van der Waals surface area contributed by atoms with E-state index in [1.165, 1.54) is 7.05 Å². The van der Waals surface area contributed by atoms with Crippen molar-refractivity contribution in [2.24, 2.45) is 0 Å².